The summed E-state index contributed by atoms with van der Waals surface area (Å²) in [5.74, 6) is -0.0775. The maximum Gasteiger partial charge on any atom is 0.184 e. The van der Waals surface area contributed by atoms with Crippen LogP contribution >= 0.6 is 11.3 Å². The van der Waals surface area contributed by atoms with Crippen molar-refractivity contribution >= 4 is 31.9 Å². The lowest BCUT2D eigenvalue weighted by Gasteiger charge is -2.09. The minimum atomic E-state index is -3.43. The molecule has 0 fully saturated rings. The molecular weight excluding hydrogens is 354 g/mol. The minimum absolute atomic E-state index is 0.0775. The molecule has 0 aliphatic carbocycles. The van der Waals surface area contributed by atoms with Crippen LogP contribution in [0.4, 0.5) is 0 Å². The van der Waals surface area contributed by atoms with Crippen LogP contribution in [-0.2, 0) is 22.6 Å². The van der Waals surface area contributed by atoms with Crippen LogP contribution in [0, 0.1) is 0 Å². The molecule has 4 rings (SSSR count). The van der Waals surface area contributed by atoms with E-state index >= 15 is 0 Å². The van der Waals surface area contributed by atoms with E-state index in [1.807, 2.05) is 42.1 Å². The fraction of sp³-hybridized carbons (Fsp3) is 0.111. The van der Waals surface area contributed by atoms with Gasteiger partial charge in [-0.3, -0.25) is 4.98 Å². The maximum atomic E-state index is 12.7. The Hall–Kier alpha value is -2.51. The van der Waals surface area contributed by atoms with Gasteiger partial charge < -0.3 is 4.57 Å². The van der Waals surface area contributed by atoms with Crippen molar-refractivity contribution in [2.75, 3.05) is 0 Å². The zero-order valence-electron chi connectivity index (χ0n) is 13.5. The molecule has 0 aliphatic rings. The number of nitrogens with zero attached hydrogens (tertiary/aromatic N) is 3. The van der Waals surface area contributed by atoms with Crippen LogP contribution in [0.1, 0.15) is 5.01 Å². The fourth-order valence-electron chi connectivity index (χ4n) is 2.83. The third-order valence-electron chi connectivity index (χ3n) is 4.08. The highest BCUT2D eigenvalue weighted by Gasteiger charge is 2.18. The smallest absolute Gasteiger partial charge is 0.184 e. The van der Waals surface area contributed by atoms with E-state index in [-0.39, 0.29) is 5.75 Å². The number of fused-ring (bicyclic) bond motifs is 1. The Bertz CT molecular complexity index is 1150. The molecular formula is C18H15N3O2S2. The number of aromatic nitrogens is 3. The topological polar surface area (TPSA) is 64.8 Å². The lowest BCUT2D eigenvalue weighted by Crippen LogP contribution is -2.05. The maximum absolute atomic E-state index is 12.7. The van der Waals surface area contributed by atoms with E-state index < -0.39 is 9.84 Å². The zero-order valence-corrected chi connectivity index (χ0v) is 15.1. The van der Waals surface area contributed by atoms with Crippen molar-refractivity contribution in [2.45, 2.75) is 10.6 Å². The molecule has 0 spiro atoms. The number of aryl methyl sites for hydroxylation is 1. The van der Waals surface area contributed by atoms with Gasteiger partial charge in [-0.1, -0.05) is 6.07 Å². The lowest BCUT2D eigenvalue weighted by atomic mass is 10.1. The van der Waals surface area contributed by atoms with Crippen molar-refractivity contribution in [3.8, 4) is 11.4 Å². The van der Waals surface area contributed by atoms with Gasteiger partial charge in [-0.25, -0.2) is 13.4 Å². The summed E-state index contributed by atoms with van der Waals surface area (Å²) >= 11 is 1.35. The van der Waals surface area contributed by atoms with Gasteiger partial charge in [0.15, 0.2) is 9.84 Å². The predicted octanol–water partition coefficient (Wildman–Crippen LogP) is 3.67. The number of thiazole rings is 1. The Morgan fingerprint density at radius 2 is 2.00 bits per heavy atom. The first kappa shape index (κ1) is 16.0. The second-order valence-electron chi connectivity index (χ2n) is 5.73. The van der Waals surface area contributed by atoms with Crippen molar-refractivity contribution in [3.05, 3.63) is 65.4 Å². The van der Waals surface area contributed by atoms with E-state index in [1.165, 1.54) is 11.3 Å². The third kappa shape index (κ3) is 2.96. The number of sulfone groups is 1. The van der Waals surface area contributed by atoms with Gasteiger partial charge in [-0.2, -0.15) is 0 Å². The van der Waals surface area contributed by atoms with Crippen molar-refractivity contribution in [3.63, 3.8) is 0 Å². The summed E-state index contributed by atoms with van der Waals surface area (Å²) in [6.45, 7) is 0. The van der Waals surface area contributed by atoms with Gasteiger partial charge in [0.1, 0.15) is 10.8 Å². The predicted molar refractivity (Wildman–Crippen MR) is 99.2 cm³/mol. The van der Waals surface area contributed by atoms with Crippen LogP contribution < -0.4 is 0 Å². The SMILES string of the molecule is Cn1cccc1-c1nccc2cc(S(=O)(=O)Cc3nccs3)ccc12. The highest BCUT2D eigenvalue weighted by molar-refractivity contribution is 7.90. The number of pyridine rings is 1. The molecule has 126 valence electrons. The van der Waals surface area contributed by atoms with Crippen molar-refractivity contribution in [2.24, 2.45) is 7.05 Å². The lowest BCUT2D eigenvalue weighted by molar-refractivity contribution is 0.595. The summed E-state index contributed by atoms with van der Waals surface area (Å²) in [5, 5.41) is 4.16. The molecule has 3 heterocycles. The van der Waals surface area contributed by atoms with Crippen molar-refractivity contribution < 1.29 is 8.42 Å². The second-order valence-corrected chi connectivity index (χ2v) is 8.70. The Morgan fingerprint density at radius 1 is 1.12 bits per heavy atom. The first-order chi connectivity index (χ1) is 12.0. The van der Waals surface area contributed by atoms with Crippen LogP contribution in [0.2, 0.25) is 0 Å². The Morgan fingerprint density at radius 3 is 2.72 bits per heavy atom. The molecule has 7 heteroatoms. The molecule has 4 aromatic rings. The molecule has 1 aromatic carbocycles. The van der Waals surface area contributed by atoms with E-state index in [2.05, 4.69) is 9.97 Å². The largest absolute Gasteiger partial charge is 0.349 e. The average molecular weight is 369 g/mol. The van der Waals surface area contributed by atoms with Gasteiger partial charge in [0.25, 0.3) is 0 Å². The molecule has 0 N–H and O–H groups in total. The number of hydrogen-bond acceptors (Lipinski definition) is 5. The van der Waals surface area contributed by atoms with Crippen molar-refractivity contribution in [1.29, 1.82) is 0 Å². The van der Waals surface area contributed by atoms with E-state index in [0.717, 1.165) is 22.2 Å². The molecule has 0 aliphatic heterocycles. The number of benzene rings is 1. The van der Waals surface area contributed by atoms with Crippen molar-refractivity contribution in [1.82, 2.24) is 14.5 Å². The zero-order chi connectivity index (χ0) is 17.4. The minimum Gasteiger partial charge on any atom is -0.349 e. The van der Waals surface area contributed by atoms with Crippen LogP contribution in [-0.4, -0.2) is 23.0 Å². The number of rotatable bonds is 4. The summed E-state index contributed by atoms with van der Waals surface area (Å²) in [7, 11) is -1.47. The van der Waals surface area contributed by atoms with Crippen LogP contribution in [0.3, 0.4) is 0 Å². The van der Waals surface area contributed by atoms with Gasteiger partial charge in [0, 0.05) is 36.4 Å². The highest BCUT2D eigenvalue weighted by Crippen LogP contribution is 2.29. The molecule has 0 saturated heterocycles. The van der Waals surface area contributed by atoms with Gasteiger partial charge in [0.2, 0.25) is 0 Å². The van der Waals surface area contributed by atoms with Gasteiger partial charge in [-0.15, -0.1) is 11.3 Å². The summed E-state index contributed by atoms with van der Waals surface area (Å²) in [6, 6.07) is 11.0. The quantitative estimate of drug-likeness (QED) is 0.550. The molecule has 0 amide bonds. The van der Waals surface area contributed by atoms with Crippen LogP contribution in [0.25, 0.3) is 22.2 Å². The fourth-order valence-corrected chi connectivity index (χ4v) is 5.12. The molecule has 0 bridgehead atoms. The molecule has 0 saturated carbocycles. The first-order valence-electron chi connectivity index (χ1n) is 7.66. The Labute approximate surface area is 149 Å². The Kier molecular flexibility index (Phi) is 3.89. The van der Waals surface area contributed by atoms with E-state index in [4.69, 9.17) is 0 Å². The number of hydrogen-bond donors (Lipinski definition) is 0. The van der Waals surface area contributed by atoms with E-state index in [9.17, 15) is 8.42 Å². The summed E-state index contributed by atoms with van der Waals surface area (Å²) < 4.78 is 27.3. The van der Waals surface area contributed by atoms with Crippen LogP contribution in [0.15, 0.2) is 65.3 Å². The first-order valence-corrected chi connectivity index (χ1v) is 10.2. The monoisotopic (exact) mass is 369 g/mol. The van der Waals surface area contributed by atoms with Gasteiger partial charge >= 0.3 is 0 Å². The van der Waals surface area contributed by atoms with Gasteiger partial charge in [0.05, 0.1) is 16.3 Å². The van der Waals surface area contributed by atoms with E-state index in [1.54, 1.807) is 29.9 Å². The highest BCUT2D eigenvalue weighted by atomic mass is 32.2. The molecule has 0 unspecified atom stereocenters. The molecule has 3 aromatic heterocycles. The normalized spacial score (nSPS) is 11.9. The summed E-state index contributed by atoms with van der Waals surface area (Å²) in [5.41, 5.74) is 1.83. The third-order valence-corrected chi connectivity index (χ3v) is 6.67. The molecule has 25 heavy (non-hydrogen) atoms. The molecule has 5 nitrogen and oxygen atoms in total. The van der Waals surface area contributed by atoms with Crippen LogP contribution in [0.5, 0.6) is 0 Å². The Balaban J connectivity index is 1.80. The molecule has 0 atom stereocenters. The summed E-state index contributed by atoms with van der Waals surface area (Å²) in [4.78, 5) is 8.86. The average Bonchev–Trinajstić information content (AvgIpc) is 3.25. The standard InChI is InChI=1S/C18H15N3O2S2/c1-21-9-2-3-16(21)18-15-5-4-14(11-13(15)6-7-20-18)25(22,23)12-17-19-8-10-24-17/h2-11H,12H2,1H3. The molecule has 0 radical (unpaired) electrons. The summed E-state index contributed by atoms with van der Waals surface area (Å²) in [6.07, 6.45) is 5.29. The van der Waals surface area contributed by atoms with Gasteiger partial charge in [-0.05, 0) is 35.7 Å². The second kappa shape index (κ2) is 6.09. The van der Waals surface area contributed by atoms with E-state index in [0.29, 0.717) is 9.90 Å².